The van der Waals surface area contributed by atoms with Crippen molar-refractivity contribution in [2.75, 3.05) is 0 Å². The molecule has 0 unspecified atom stereocenters. The standard InChI is InChI=1S/C12H14N4O2/c13-12(17)18-11-5-1-3-10(15-11)4-2-7-16-8-6-14-9-16/h1,3,5-6,8-9H,2,4,7H2,(H2,13,17). The molecule has 0 aromatic carbocycles. The number of hydrogen-bond acceptors (Lipinski definition) is 4. The predicted octanol–water partition coefficient (Wildman–Crippen LogP) is 1.37. The molecule has 2 rings (SSSR count). The van der Waals surface area contributed by atoms with Crippen LogP contribution in [0.15, 0.2) is 36.9 Å². The summed E-state index contributed by atoms with van der Waals surface area (Å²) in [6.45, 7) is 0.878. The van der Waals surface area contributed by atoms with E-state index in [9.17, 15) is 4.79 Å². The van der Waals surface area contributed by atoms with Crippen molar-refractivity contribution in [1.29, 1.82) is 0 Å². The van der Waals surface area contributed by atoms with Crippen molar-refractivity contribution in [3.63, 3.8) is 0 Å². The van der Waals surface area contributed by atoms with E-state index < -0.39 is 6.09 Å². The average molecular weight is 246 g/mol. The highest BCUT2D eigenvalue weighted by atomic mass is 16.6. The molecule has 0 saturated carbocycles. The summed E-state index contributed by atoms with van der Waals surface area (Å²) in [6.07, 6.45) is 6.33. The Morgan fingerprint density at radius 2 is 2.33 bits per heavy atom. The topological polar surface area (TPSA) is 83.0 Å². The normalized spacial score (nSPS) is 10.2. The van der Waals surface area contributed by atoms with Crippen LogP contribution >= 0.6 is 0 Å². The molecule has 6 nitrogen and oxygen atoms in total. The Morgan fingerprint density at radius 1 is 1.44 bits per heavy atom. The SMILES string of the molecule is NC(=O)Oc1cccc(CCCn2ccnc2)n1. The molecule has 2 N–H and O–H groups in total. The average Bonchev–Trinajstić information content (AvgIpc) is 2.82. The molecule has 0 bridgehead atoms. The summed E-state index contributed by atoms with van der Waals surface area (Å²) in [5.41, 5.74) is 5.80. The van der Waals surface area contributed by atoms with E-state index in [1.807, 2.05) is 16.8 Å². The molecule has 0 atom stereocenters. The maximum atomic E-state index is 10.6. The van der Waals surface area contributed by atoms with Crippen LogP contribution in [-0.2, 0) is 13.0 Å². The third-order valence-electron chi connectivity index (χ3n) is 2.39. The van der Waals surface area contributed by atoms with Crippen LogP contribution in [0.2, 0.25) is 0 Å². The van der Waals surface area contributed by atoms with E-state index in [0.29, 0.717) is 0 Å². The monoisotopic (exact) mass is 246 g/mol. The lowest BCUT2D eigenvalue weighted by Crippen LogP contribution is -2.17. The van der Waals surface area contributed by atoms with Crippen LogP contribution in [0.3, 0.4) is 0 Å². The van der Waals surface area contributed by atoms with Gasteiger partial charge in [-0.15, -0.1) is 0 Å². The number of hydrogen-bond donors (Lipinski definition) is 1. The number of pyridine rings is 1. The van der Waals surface area contributed by atoms with E-state index in [1.165, 1.54) is 0 Å². The van der Waals surface area contributed by atoms with Crippen LogP contribution in [-0.4, -0.2) is 20.6 Å². The Balaban J connectivity index is 1.87. The van der Waals surface area contributed by atoms with Crippen molar-refractivity contribution in [2.24, 2.45) is 5.73 Å². The fourth-order valence-corrected chi connectivity index (χ4v) is 1.62. The molecular formula is C12H14N4O2. The van der Waals surface area contributed by atoms with Crippen LogP contribution in [0.25, 0.3) is 0 Å². The lowest BCUT2D eigenvalue weighted by Gasteiger charge is -2.04. The van der Waals surface area contributed by atoms with Crippen LogP contribution in [0, 0.1) is 0 Å². The number of aryl methyl sites for hydroxylation is 2. The van der Waals surface area contributed by atoms with Gasteiger partial charge >= 0.3 is 6.09 Å². The van der Waals surface area contributed by atoms with Crippen molar-refractivity contribution in [2.45, 2.75) is 19.4 Å². The molecule has 0 radical (unpaired) electrons. The summed E-state index contributed by atoms with van der Waals surface area (Å²) in [6, 6.07) is 5.28. The highest BCUT2D eigenvalue weighted by molar-refractivity contribution is 5.67. The highest BCUT2D eigenvalue weighted by Crippen LogP contribution is 2.09. The van der Waals surface area contributed by atoms with Gasteiger partial charge in [0.2, 0.25) is 5.88 Å². The molecule has 0 saturated heterocycles. The van der Waals surface area contributed by atoms with Gasteiger partial charge in [0.15, 0.2) is 0 Å². The maximum Gasteiger partial charge on any atom is 0.411 e. The summed E-state index contributed by atoms with van der Waals surface area (Å²) in [5, 5.41) is 0. The first kappa shape index (κ1) is 12.1. The Hall–Kier alpha value is -2.37. The predicted molar refractivity (Wildman–Crippen MR) is 65.0 cm³/mol. The van der Waals surface area contributed by atoms with Crippen molar-refractivity contribution in [3.8, 4) is 5.88 Å². The Morgan fingerprint density at radius 3 is 3.06 bits per heavy atom. The number of imidazole rings is 1. The van der Waals surface area contributed by atoms with Gasteiger partial charge in [-0.25, -0.2) is 14.8 Å². The second kappa shape index (κ2) is 5.81. The second-order valence-corrected chi connectivity index (χ2v) is 3.79. The fraction of sp³-hybridized carbons (Fsp3) is 0.250. The van der Waals surface area contributed by atoms with E-state index in [2.05, 4.69) is 9.97 Å². The van der Waals surface area contributed by atoms with Crippen molar-refractivity contribution < 1.29 is 9.53 Å². The number of carbonyl (C=O) groups excluding carboxylic acids is 1. The van der Waals surface area contributed by atoms with Gasteiger partial charge in [0, 0.05) is 30.7 Å². The molecule has 6 heteroatoms. The molecule has 2 aromatic rings. The number of primary amides is 1. The third kappa shape index (κ3) is 3.58. The minimum Gasteiger partial charge on any atom is -0.391 e. The number of ether oxygens (including phenoxy) is 1. The molecule has 0 spiro atoms. The lowest BCUT2D eigenvalue weighted by atomic mass is 10.2. The van der Waals surface area contributed by atoms with Crippen molar-refractivity contribution in [3.05, 3.63) is 42.6 Å². The van der Waals surface area contributed by atoms with Gasteiger partial charge in [0.1, 0.15) is 0 Å². The van der Waals surface area contributed by atoms with E-state index in [0.717, 1.165) is 25.1 Å². The smallest absolute Gasteiger partial charge is 0.391 e. The van der Waals surface area contributed by atoms with Gasteiger partial charge in [0.05, 0.1) is 6.33 Å². The molecular weight excluding hydrogens is 232 g/mol. The van der Waals surface area contributed by atoms with Crippen molar-refractivity contribution >= 4 is 6.09 Å². The van der Waals surface area contributed by atoms with Gasteiger partial charge < -0.3 is 15.0 Å². The van der Waals surface area contributed by atoms with Gasteiger partial charge in [0.25, 0.3) is 0 Å². The van der Waals surface area contributed by atoms with Crippen molar-refractivity contribution in [1.82, 2.24) is 14.5 Å². The Kier molecular flexibility index (Phi) is 3.90. The molecule has 94 valence electrons. The Bertz CT molecular complexity index is 511. The third-order valence-corrected chi connectivity index (χ3v) is 2.39. The zero-order valence-corrected chi connectivity index (χ0v) is 9.82. The molecule has 0 aliphatic heterocycles. The van der Waals surface area contributed by atoms with Crippen LogP contribution in [0.4, 0.5) is 4.79 Å². The first-order chi connectivity index (χ1) is 8.74. The quantitative estimate of drug-likeness (QED) is 0.863. The lowest BCUT2D eigenvalue weighted by molar-refractivity contribution is 0.209. The number of nitrogens with zero attached hydrogens (tertiary/aromatic N) is 3. The molecule has 18 heavy (non-hydrogen) atoms. The molecule has 0 fully saturated rings. The molecule has 2 aromatic heterocycles. The minimum absolute atomic E-state index is 0.239. The minimum atomic E-state index is -0.849. The molecule has 1 amide bonds. The number of rotatable bonds is 5. The maximum absolute atomic E-state index is 10.6. The zero-order valence-electron chi connectivity index (χ0n) is 9.82. The Labute approximate surface area is 104 Å². The van der Waals surface area contributed by atoms with E-state index in [1.54, 1.807) is 24.7 Å². The van der Waals surface area contributed by atoms with Crippen LogP contribution < -0.4 is 10.5 Å². The highest BCUT2D eigenvalue weighted by Gasteiger charge is 2.02. The summed E-state index contributed by atoms with van der Waals surface area (Å²) in [5.74, 6) is 0.239. The van der Waals surface area contributed by atoms with Gasteiger partial charge in [-0.3, -0.25) is 0 Å². The van der Waals surface area contributed by atoms with Gasteiger partial charge in [-0.05, 0) is 18.9 Å². The van der Waals surface area contributed by atoms with Gasteiger partial charge in [-0.1, -0.05) is 6.07 Å². The largest absolute Gasteiger partial charge is 0.411 e. The first-order valence-electron chi connectivity index (χ1n) is 5.63. The summed E-state index contributed by atoms with van der Waals surface area (Å²) in [4.78, 5) is 18.8. The molecule has 0 aliphatic rings. The molecule has 0 aliphatic carbocycles. The number of nitrogens with two attached hydrogens (primary N) is 1. The van der Waals surface area contributed by atoms with E-state index >= 15 is 0 Å². The fourth-order valence-electron chi connectivity index (χ4n) is 1.62. The van der Waals surface area contributed by atoms with Crippen LogP contribution in [0.1, 0.15) is 12.1 Å². The van der Waals surface area contributed by atoms with Gasteiger partial charge in [-0.2, -0.15) is 0 Å². The number of aromatic nitrogens is 3. The summed E-state index contributed by atoms with van der Waals surface area (Å²) < 4.78 is 6.72. The van der Waals surface area contributed by atoms with E-state index in [4.69, 9.17) is 10.5 Å². The number of carbonyl (C=O) groups is 1. The van der Waals surface area contributed by atoms with E-state index in [-0.39, 0.29) is 5.88 Å². The summed E-state index contributed by atoms with van der Waals surface area (Å²) >= 11 is 0. The number of amides is 1. The second-order valence-electron chi connectivity index (χ2n) is 3.79. The van der Waals surface area contributed by atoms with Crippen LogP contribution in [0.5, 0.6) is 5.88 Å². The summed E-state index contributed by atoms with van der Waals surface area (Å²) in [7, 11) is 0. The zero-order chi connectivity index (χ0) is 12.8. The molecule has 2 heterocycles. The first-order valence-corrected chi connectivity index (χ1v) is 5.63.